The SMILES string of the molecule is CC1(C)OB(c2nc3ccccc3n2-c2ccccc2)OC1(C)C. The Morgan fingerprint density at radius 2 is 1.42 bits per heavy atom. The fourth-order valence-corrected chi connectivity index (χ4v) is 3.00. The highest BCUT2D eigenvalue weighted by atomic mass is 16.7. The van der Waals surface area contributed by atoms with Crippen molar-refractivity contribution in [2.45, 2.75) is 38.9 Å². The first-order valence-electron chi connectivity index (χ1n) is 8.27. The van der Waals surface area contributed by atoms with Crippen molar-refractivity contribution in [3.05, 3.63) is 54.6 Å². The molecule has 0 radical (unpaired) electrons. The lowest BCUT2D eigenvalue weighted by atomic mass is 9.88. The molecule has 0 unspecified atom stereocenters. The Labute approximate surface area is 142 Å². The number of hydrogen-bond acceptors (Lipinski definition) is 3. The fourth-order valence-electron chi connectivity index (χ4n) is 3.00. The fraction of sp³-hybridized carbons (Fsp3) is 0.316. The van der Waals surface area contributed by atoms with Crippen LogP contribution in [0.4, 0.5) is 0 Å². The topological polar surface area (TPSA) is 36.3 Å². The lowest BCUT2D eigenvalue weighted by molar-refractivity contribution is 0.00578. The molecule has 122 valence electrons. The van der Waals surface area contributed by atoms with Gasteiger partial charge >= 0.3 is 7.12 Å². The third-order valence-electron chi connectivity index (χ3n) is 5.07. The minimum atomic E-state index is -0.498. The van der Waals surface area contributed by atoms with E-state index in [0.29, 0.717) is 0 Å². The third-order valence-corrected chi connectivity index (χ3v) is 5.07. The number of aromatic nitrogens is 2. The van der Waals surface area contributed by atoms with Gasteiger partial charge in [0, 0.05) is 5.69 Å². The Bertz CT molecular complexity index is 871. The van der Waals surface area contributed by atoms with Crippen molar-refractivity contribution in [2.24, 2.45) is 0 Å². The minimum Gasteiger partial charge on any atom is -0.397 e. The summed E-state index contributed by atoms with van der Waals surface area (Å²) in [5.41, 5.74) is 3.03. The number of hydrogen-bond donors (Lipinski definition) is 0. The van der Waals surface area contributed by atoms with Gasteiger partial charge in [-0.1, -0.05) is 30.3 Å². The number of nitrogens with zero attached hydrogens (tertiary/aromatic N) is 2. The smallest absolute Gasteiger partial charge is 0.397 e. The van der Waals surface area contributed by atoms with Gasteiger partial charge in [-0.2, -0.15) is 0 Å². The van der Waals surface area contributed by atoms with Gasteiger partial charge in [-0.3, -0.25) is 4.57 Å². The zero-order valence-corrected chi connectivity index (χ0v) is 14.5. The summed E-state index contributed by atoms with van der Waals surface area (Å²) in [5.74, 6) is 0. The van der Waals surface area contributed by atoms with Crippen LogP contribution in [0.1, 0.15) is 27.7 Å². The van der Waals surface area contributed by atoms with Gasteiger partial charge in [-0.05, 0) is 52.0 Å². The van der Waals surface area contributed by atoms with E-state index in [1.54, 1.807) is 0 Å². The van der Waals surface area contributed by atoms with Crippen molar-refractivity contribution in [1.29, 1.82) is 0 Å². The van der Waals surface area contributed by atoms with Crippen molar-refractivity contribution in [3.8, 4) is 5.69 Å². The van der Waals surface area contributed by atoms with Crippen molar-refractivity contribution in [2.75, 3.05) is 0 Å². The summed E-state index contributed by atoms with van der Waals surface area (Å²) in [6, 6.07) is 18.3. The Hall–Kier alpha value is -2.11. The highest BCUT2D eigenvalue weighted by molar-refractivity contribution is 6.60. The molecule has 0 N–H and O–H groups in total. The molecule has 0 saturated carbocycles. The Kier molecular flexibility index (Phi) is 3.34. The number of para-hydroxylation sites is 3. The molecule has 0 spiro atoms. The highest BCUT2D eigenvalue weighted by Gasteiger charge is 2.53. The van der Waals surface area contributed by atoms with Crippen LogP contribution in [0, 0.1) is 0 Å². The van der Waals surface area contributed by atoms with Crippen molar-refractivity contribution < 1.29 is 9.31 Å². The van der Waals surface area contributed by atoms with E-state index in [2.05, 4.69) is 50.5 Å². The highest BCUT2D eigenvalue weighted by Crippen LogP contribution is 2.36. The number of imidazole rings is 1. The second-order valence-corrected chi connectivity index (χ2v) is 7.22. The van der Waals surface area contributed by atoms with E-state index in [4.69, 9.17) is 14.3 Å². The predicted molar refractivity (Wildman–Crippen MR) is 96.8 cm³/mol. The molecule has 0 atom stereocenters. The van der Waals surface area contributed by atoms with E-state index < -0.39 is 18.3 Å². The normalized spacial score (nSPS) is 19.1. The molecular weight excluding hydrogens is 299 g/mol. The Morgan fingerprint density at radius 1 is 0.833 bits per heavy atom. The van der Waals surface area contributed by atoms with Gasteiger partial charge in [0.05, 0.1) is 22.2 Å². The first-order chi connectivity index (χ1) is 11.4. The van der Waals surface area contributed by atoms with Crippen LogP contribution >= 0.6 is 0 Å². The average molecular weight is 320 g/mol. The van der Waals surface area contributed by atoms with Gasteiger partial charge in [0.25, 0.3) is 0 Å². The first kappa shape index (κ1) is 15.4. The molecule has 1 saturated heterocycles. The zero-order chi connectivity index (χ0) is 16.9. The molecule has 1 fully saturated rings. The Balaban J connectivity index is 1.91. The van der Waals surface area contributed by atoms with E-state index in [1.165, 1.54) is 0 Å². The number of fused-ring (bicyclic) bond motifs is 1. The van der Waals surface area contributed by atoms with Crippen LogP contribution in [0.5, 0.6) is 0 Å². The summed E-state index contributed by atoms with van der Waals surface area (Å²) < 4.78 is 14.6. The van der Waals surface area contributed by atoms with E-state index in [0.717, 1.165) is 22.4 Å². The third kappa shape index (κ3) is 2.27. The van der Waals surface area contributed by atoms with Crippen LogP contribution in [-0.4, -0.2) is 27.9 Å². The van der Waals surface area contributed by atoms with E-state index in [1.807, 2.05) is 36.4 Å². The van der Waals surface area contributed by atoms with E-state index in [-0.39, 0.29) is 0 Å². The van der Waals surface area contributed by atoms with Gasteiger partial charge in [0.2, 0.25) is 0 Å². The lowest BCUT2D eigenvalue weighted by Gasteiger charge is -2.32. The van der Waals surface area contributed by atoms with Gasteiger partial charge in [0.1, 0.15) is 5.72 Å². The van der Waals surface area contributed by atoms with Gasteiger partial charge in [-0.15, -0.1) is 0 Å². The van der Waals surface area contributed by atoms with Crippen LogP contribution < -0.4 is 5.72 Å². The van der Waals surface area contributed by atoms with Crippen LogP contribution in [0.15, 0.2) is 54.6 Å². The average Bonchev–Trinajstić information content (AvgIpc) is 3.03. The molecule has 0 bridgehead atoms. The second-order valence-electron chi connectivity index (χ2n) is 7.22. The summed E-state index contributed by atoms with van der Waals surface area (Å²) in [7, 11) is -0.498. The predicted octanol–water partition coefficient (Wildman–Crippen LogP) is 3.32. The molecule has 2 aromatic carbocycles. The molecule has 0 amide bonds. The molecule has 24 heavy (non-hydrogen) atoms. The molecule has 1 aliphatic heterocycles. The summed E-state index contributed by atoms with van der Waals surface area (Å²) >= 11 is 0. The number of benzene rings is 2. The van der Waals surface area contributed by atoms with Crippen LogP contribution in [0.25, 0.3) is 16.7 Å². The second kappa shape index (κ2) is 5.20. The summed E-state index contributed by atoms with van der Waals surface area (Å²) in [5, 5.41) is 0. The van der Waals surface area contributed by atoms with Gasteiger partial charge in [-0.25, -0.2) is 4.98 Å². The Morgan fingerprint density at radius 3 is 2.08 bits per heavy atom. The van der Waals surface area contributed by atoms with Crippen molar-refractivity contribution >= 4 is 23.9 Å². The molecule has 0 aliphatic carbocycles. The maximum Gasteiger partial charge on any atom is 0.533 e. The van der Waals surface area contributed by atoms with Gasteiger partial charge < -0.3 is 9.31 Å². The molecule has 4 rings (SSSR count). The largest absolute Gasteiger partial charge is 0.533 e. The first-order valence-corrected chi connectivity index (χ1v) is 8.27. The van der Waals surface area contributed by atoms with Crippen LogP contribution in [0.3, 0.4) is 0 Å². The van der Waals surface area contributed by atoms with Crippen LogP contribution in [-0.2, 0) is 9.31 Å². The quantitative estimate of drug-likeness (QED) is 0.680. The molecule has 1 aliphatic rings. The summed E-state index contributed by atoms with van der Waals surface area (Å²) in [6.45, 7) is 8.23. The van der Waals surface area contributed by atoms with Crippen molar-refractivity contribution in [3.63, 3.8) is 0 Å². The van der Waals surface area contributed by atoms with Crippen molar-refractivity contribution in [1.82, 2.24) is 9.55 Å². The molecule has 4 nitrogen and oxygen atoms in total. The van der Waals surface area contributed by atoms with E-state index in [9.17, 15) is 0 Å². The van der Waals surface area contributed by atoms with Gasteiger partial charge in [0.15, 0.2) is 0 Å². The minimum absolute atomic E-state index is 0.392. The maximum atomic E-state index is 6.24. The zero-order valence-electron chi connectivity index (χ0n) is 14.5. The van der Waals surface area contributed by atoms with Crippen LogP contribution in [0.2, 0.25) is 0 Å². The molecule has 3 aromatic rings. The standard InChI is InChI=1S/C19H21BN2O2/c1-18(2)19(3,4)24-20(23-18)17-21-15-12-8-9-13-16(15)22(17)14-10-6-5-7-11-14/h5-13H,1-4H3. The molecule has 2 heterocycles. The molecular formula is C19H21BN2O2. The molecule has 1 aromatic heterocycles. The van der Waals surface area contributed by atoms with E-state index >= 15 is 0 Å². The monoisotopic (exact) mass is 320 g/mol. The maximum absolute atomic E-state index is 6.24. The molecule has 5 heteroatoms. The summed E-state index contributed by atoms with van der Waals surface area (Å²) in [6.07, 6.45) is 0. The summed E-state index contributed by atoms with van der Waals surface area (Å²) in [4.78, 5) is 4.82. The lowest BCUT2D eigenvalue weighted by Crippen LogP contribution is -2.41. The number of rotatable bonds is 2.